The van der Waals surface area contributed by atoms with Gasteiger partial charge in [0.15, 0.2) is 0 Å². The third-order valence-corrected chi connectivity index (χ3v) is 11.5. The SMILES string of the molecule is c1ccc(-c2ccc(N(c3cccc4c3C3(c5ccccc5Oc5cc(-c6ccccc6)ccc53)c3ccccc3-4)c3cccc4ccccc34)cc2)cc1. The molecule has 258 valence electrons. The van der Waals surface area contributed by atoms with Crippen LogP contribution in [0.4, 0.5) is 17.1 Å². The minimum atomic E-state index is -0.658. The monoisotopic (exact) mass is 701 g/mol. The Balaban J connectivity index is 1.23. The Hall–Kier alpha value is -7.16. The number of para-hydroxylation sites is 1. The Bertz CT molecular complexity index is 2890. The first kappa shape index (κ1) is 31.4. The highest BCUT2D eigenvalue weighted by atomic mass is 16.5. The fraction of sp³-hybridized carbons (Fsp3) is 0.0189. The molecule has 0 fully saturated rings. The number of anilines is 3. The molecule has 1 spiro atoms. The molecule has 1 atom stereocenters. The molecule has 1 unspecified atom stereocenters. The topological polar surface area (TPSA) is 12.5 Å². The third-order valence-electron chi connectivity index (χ3n) is 11.5. The van der Waals surface area contributed by atoms with Gasteiger partial charge in [-0.25, -0.2) is 0 Å². The van der Waals surface area contributed by atoms with Gasteiger partial charge in [0.25, 0.3) is 0 Å². The quantitative estimate of drug-likeness (QED) is 0.177. The minimum Gasteiger partial charge on any atom is -0.457 e. The van der Waals surface area contributed by atoms with Crippen LogP contribution in [0.1, 0.15) is 22.3 Å². The number of ether oxygens (including phenoxy) is 1. The van der Waals surface area contributed by atoms with E-state index in [4.69, 9.17) is 4.74 Å². The number of benzene rings is 9. The van der Waals surface area contributed by atoms with Crippen LogP contribution >= 0.6 is 0 Å². The van der Waals surface area contributed by atoms with E-state index in [1.54, 1.807) is 0 Å². The van der Waals surface area contributed by atoms with E-state index in [0.717, 1.165) is 50.8 Å². The molecule has 0 saturated heterocycles. The predicted octanol–water partition coefficient (Wildman–Crippen LogP) is 14.1. The van der Waals surface area contributed by atoms with Crippen LogP contribution in [0.25, 0.3) is 44.2 Å². The normalized spacial score (nSPS) is 14.8. The van der Waals surface area contributed by atoms with Gasteiger partial charge in [-0.3, -0.25) is 0 Å². The zero-order chi connectivity index (χ0) is 36.3. The maximum absolute atomic E-state index is 6.93. The molecule has 1 heterocycles. The average Bonchev–Trinajstić information content (AvgIpc) is 3.56. The molecule has 0 amide bonds. The Morgan fingerprint density at radius 2 is 0.927 bits per heavy atom. The maximum Gasteiger partial charge on any atom is 0.132 e. The molecule has 11 rings (SSSR count). The van der Waals surface area contributed by atoms with Crippen molar-refractivity contribution in [2.24, 2.45) is 0 Å². The zero-order valence-electron chi connectivity index (χ0n) is 30.1. The Morgan fingerprint density at radius 1 is 0.364 bits per heavy atom. The highest BCUT2D eigenvalue weighted by Crippen LogP contribution is 2.65. The van der Waals surface area contributed by atoms with Crippen molar-refractivity contribution in [3.8, 4) is 44.9 Å². The standard InChI is InChI=1S/C53H35NO/c1-3-15-36(16-4-1)38-29-32-41(33-30-38)54(48-26-13-20-39-19-7-8-21-42(39)48)49-27-14-23-44-43-22-9-10-24-45(43)53(52(44)49)46-25-11-12-28-50(46)55-51-35-40(31-34-47(51)53)37-17-5-2-6-18-37/h1-35H. The van der Waals surface area contributed by atoms with E-state index in [9.17, 15) is 0 Å². The lowest BCUT2D eigenvalue weighted by Gasteiger charge is -2.41. The third kappa shape index (κ3) is 4.75. The van der Waals surface area contributed by atoms with Crippen molar-refractivity contribution in [2.45, 2.75) is 5.41 Å². The molecule has 0 radical (unpaired) electrons. The summed E-state index contributed by atoms with van der Waals surface area (Å²) in [5.74, 6) is 1.75. The van der Waals surface area contributed by atoms with Crippen molar-refractivity contribution >= 4 is 27.8 Å². The fourth-order valence-corrected chi connectivity index (χ4v) is 9.18. The van der Waals surface area contributed by atoms with E-state index in [-0.39, 0.29) is 0 Å². The summed E-state index contributed by atoms with van der Waals surface area (Å²) >= 11 is 0. The van der Waals surface area contributed by atoms with Crippen LogP contribution in [0.2, 0.25) is 0 Å². The van der Waals surface area contributed by atoms with Gasteiger partial charge in [0.1, 0.15) is 11.5 Å². The molecule has 2 nitrogen and oxygen atoms in total. The van der Waals surface area contributed by atoms with Gasteiger partial charge < -0.3 is 9.64 Å². The van der Waals surface area contributed by atoms with Crippen molar-refractivity contribution in [3.05, 3.63) is 235 Å². The maximum atomic E-state index is 6.93. The van der Waals surface area contributed by atoms with Crippen LogP contribution in [0.5, 0.6) is 11.5 Å². The summed E-state index contributed by atoms with van der Waals surface area (Å²) in [6.45, 7) is 0. The first-order chi connectivity index (χ1) is 27.3. The highest BCUT2D eigenvalue weighted by molar-refractivity contribution is 6.02. The lowest BCUT2D eigenvalue weighted by molar-refractivity contribution is 0.436. The molecule has 0 saturated carbocycles. The summed E-state index contributed by atoms with van der Waals surface area (Å²) in [5, 5.41) is 2.39. The minimum absolute atomic E-state index is 0.658. The largest absolute Gasteiger partial charge is 0.457 e. The second-order valence-corrected chi connectivity index (χ2v) is 14.4. The summed E-state index contributed by atoms with van der Waals surface area (Å²) in [4.78, 5) is 2.49. The van der Waals surface area contributed by atoms with E-state index < -0.39 is 5.41 Å². The van der Waals surface area contributed by atoms with Crippen LogP contribution in [0.3, 0.4) is 0 Å². The number of fused-ring (bicyclic) bond motifs is 10. The van der Waals surface area contributed by atoms with Gasteiger partial charge >= 0.3 is 0 Å². The van der Waals surface area contributed by atoms with Gasteiger partial charge in [0.2, 0.25) is 0 Å². The molecule has 1 aliphatic carbocycles. The molecule has 1 aliphatic heterocycles. The van der Waals surface area contributed by atoms with Crippen molar-refractivity contribution in [1.82, 2.24) is 0 Å². The lowest BCUT2D eigenvalue weighted by Crippen LogP contribution is -2.33. The van der Waals surface area contributed by atoms with Crippen LogP contribution in [-0.4, -0.2) is 0 Å². The molecule has 2 heteroatoms. The van der Waals surface area contributed by atoms with Gasteiger partial charge in [-0.05, 0) is 80.7 Å². The summed E-state index contributed by atoms with van der Waals surface area (Å²) in [6, 6.07) is 76.9. The molecule has 55 heavy (non-hydrogen) atoms. The predicted molar refractivity (Wildman–Crippen MR) is 227 cm³/mol. The first-order valence-corrected chi connectivity index (χ1v) is 18.9. The van der Waals surface area contributed by atoms with Crippen molar-refractivity contribution in [2.75, 3.05) is 4.90 Å². The Kier molecular flexibility index (Phi) is 7.11. The highest BCUT2D eigenvalue weighted by Gasteiger charge is 2.53. The zero-order valence-corrected chi connectivity index (χ0v) is 30.1. The van der Waals surface area contributed by atoms with Gasteiger partial charge in [-0.1, -0.05) is 176 Å². The summed E-state index contributed by atoms with van der Waals surface area (Å²) in [5.41, 5.74) is 14.6. The molecule has 0 aromatic heterocycles. The molecular weight excluding hydrogens is 667 g/mol. The van der Waals surface area contributed by atoms with Crippen LogP contribution in [0.15, 0.2) is 212 Å². The molecule has 9 aromatic rings. The van der Waals surface area contributed by atoms with Crippen molar-refractivity contribution in [3.63, 3.8) is 0 Å². The Morgan fingerprint density at radius 3 is 1.75 bits per heavy atom. The summed E-state index contributed by atoms with van der Waals surface area (Å²) < 4.78 is 6.93. The van der Waals surface area contributed by atoms with Crippen LogP contribution in [-0.2, 0) is 5.41 Å². The number of hydrogen-bond donors (Lipinski definition) is 0. The molecule has 0 N–H and O–H groups in total. The number of rotatable bonds is 5. The van der Waals surface area contributed by atoms with E-state index >= 15 is 0 Å². The Labute approximate surface area is 321 Å². The molecule has 9 aromatic carbocycles. The second-order valence-electron chi connectivity index (χ2n) is 14.4. The van der Waals surface area contributed by atoms with E-state index in [1.165, 1.54) is 44.2 Å². The molecular formula is C53H35NO. The number of nitrogens with zero attached hydrogens (tertiary/aromatic N) is 1. The van der Waals surface area contributed by atoms with Gasteiger partial charge in [-0.2, -0.15) is 0 Å². The molecule has 0 bridgehead atoms. The first-order valence-electron chi connectivity index (χ1n) is 18.9. The summed E-state index contributed by atoms with van der Waals surface area (Å²) in [7, 11) is 0. The average molecular weight is 702 g/mol. The number of hydrogen-bond acceptors (Lipinski definition) is 2. The van der Waals surface area contributed by atoms with E-state index in [1.807, 2.05) is 0 Å². The summed E-state index contributed by atoms with van der Waals surface area (Å²) in [6.07, 6.45) is 0. The second kappa shape index (κ2) is 12.5. The van der Waals surface area contributed by atoms with Gasteiger partial charge in [0, 0.05) is 27.8 Å². The van der Waals surface area contributed by atoms with Crippen molar-refractivity contribution < 1.29 is 4.74 Å². The molecule has 2 aliphatic rings. The lowest BCUT2D eigenvalue weighted by atomic mass is 9.65. The van der Waals surface area contributed by atoms with Crippen molar-refractivity contribution in [1.29, 1.82) is 0 Å². The fourth-order valence-electron chi connectivity index (χ4n) is 9.18. The van der Waals surface area contributed by atoms with E-state index in [2.05, 4.69) is 217 Å². The van der Waals surface area contributed by atoms with Crippen LogP contribution < -0.4 is 9.64 Å². The van der Waals surface area contributed by atoms with E-state index in [0.29, 0.717) is 0 Å². The van der Waals surface area contributed by atoms with Crippen LogP contribution in [0, 0.1) is 0 Å². The van der Waals surface area contributed by atoms with Gasteiger partial charge in [-0.15, -0.1) is 0 Å². The smallest absolute Gasteiger partial charge is 0.132 e. The van der Waals surface area contributed by atoms with Gasteiger partial charge in [0.05, 0.1) is 16.8 Å².